The Balaban J connectivity index is 1.62. The van der Waals surface area contributed by atoms with Gasteiger partial charge in [0, 0.05) is 26.2 Å². The molecule has 0 saturated carbocycles. The van der Waals surface area contributed by atoms with Crippen LogP contribution in [0.4, 0.5) is 0 Å². The van der Waals surface area contributed by atoms with Gasteiger partial charge in [0.2, 0.25) is 0 Å². The molecule has 1 unspecified atom stereocenters. The Hall–Kier alpha value is -1.14. The zero-order valence-corrected chi connectivity index (χ0v) is 12.8. The van der Waals surface area contributed by atoms with Crippen molar-refractivity contribution in [1.29, 1.82) is 0 Å². The molecule has 5 heteroatoms. The summed E-state index contributed by atoms with van der Waals surface area (Å²) in [4.78, 5) is 2.25. The van der Waals surface area contributed by atoms with Crippen LogP contribution in [0.5, 0.6) is 5.75 Å². The Kier molecular flexibility index (Phi) is 6.95. The van der Waals surface area contributed by atoms with Crippen molar-refractivity contribution in [3.05, 3.63) is 29.8 Å². The van der Waals surface area contributed by atoms with E-state index >= 15 is 0 Å². The van der Waals surface area contributed by atoms with Gasteiger partial charge in [0.05, 0.1) is 26.4 Å². The van der Waals surface area contributed by atoms with Crippen molar-refractivity contribution in [2.75, 3.05) is 53.0 Å². The third-order valence-electron chi connectivity index (χ3n) is 3.72. The summed E-state index contributed by atoms with van der Waals surface area (Å²) in [5, 5.41) is 13.3. The number of methoxy groups -OCH3 is 1. The minimum atomic E-state index is -0.333. The van der Waals surface area contributed by atoms with Crippen molar-refractivity contribution < 1.29 is 14.6 Å². The van der Waals surface area contributed by atoms with Crippen LogP contribution in [0.15, 0.2) is 24.3 Å². The number of β-amino-alcohol motifs (C(OH)–C–C–N with tert-alkyl or cyclic N) is 1. The lowest BCUT2D eigenvalue weighted by atomic mass is 10.1. The number of morpholine rings is 1. The van der Waals surface area contributed by atoms with Crippen LogP contribution < -0.4 is 10.1 Å². The molecule has 0 bridgehead atoms. The highest BCUT2D eigenvalue weighted by molar-refractivity contribution is 5.33. The van der Waals surface area contributed by atoms with Crippen LogP contribution in [0.1, 0.15) is 5.56 Å². The van der Waals surface area contributed by atoms with Gasteiger partial charge in [-0.25, -0.2) is 0 Å². The number of aliphatic hydroxyl groups is 1. The Morgan fingerprint density at radius 3 is 2.86 bits per heavy atom. The van der Waals surface area contributed by atoms with Crippen molar-refractivity contribution in [3.8, 4) is 5.75 Å². The maximum absolute atomic E-state index is 10.0. The number of nitrogens with one attached hydrogen (secondary N) is 1. The number of para-hydroxylation sites is 1. The van der Waals surface area contributed by atoms with Crippen LogP contribution in [0.2, 0.25) is 0 Å². The summed E-state index contributed by atoms with van der Waals surface area (Å²) in [5.74, 6) is 0.924. The zero-order valence-electron chi connectivity index (χ0n) is 12.8. The molecule has 118 valence electrons. The molecule has 2 N–H and O–H groups in total. The van der Waals surface area contributed by atoms with Gasteiger partial charge in [-0.2, -0.15) is 0 Å². The summed E-state index contributed by atoms with van der Waals surface area (Å²) in [7, 11) is 1.69. The van der Waals surface area contributed by atoms with Gasteiger partial charge in [-0.1, -0.05) is 18.2 Å². The first-order valence-electron chi connectivity index (χ1n) is 7.60. The molecule has 0 radical (unpaired) electrons. The molecule has 1 aromatic rings. The van der Waals surface area contributed by atoms with Gasteiger partial charge in [0.1, 0.15) is 5.75 Å². The minimum Gasteiger partial charge on any atom is -0.496 e. The fraction of sp³-hybridized carbons (Fsp3) is 0.625. The molecule has 5 nitrogen and oxygen atoms in total. The maximum atomic E-state index is 10.0. The van der Waals surface area contributed by atoms with Gasteiger partial charge in [-0.3, -0.25) is 4.90 Å². The van der Waals surface area contributed by atoms with Crippen molar-refractivity contribution in [2.45, 2.75) is 12.5 Å². The maximum Gasteiger partial charge on any atom is 0.122 e. The Labute approximate surface area is 126 Å². The summed E-state index contributed by atoms with van der Waals surface area (Å²) in [6.07, 6.45) is 0.564. The third-order valence-corrected chi connectivity index (χ3v) is 3.72. The highest BCUT2D eigenvalue weighted by Gasteiger charge is 2.14. The summed E-state index contributed by atoms with van der Waals surface area (Å²) in [5.41, 5.74) is 1.19. The van der Waals surface area contributed by atoms with Crippen molar-refractivity contribution in [3.63, 3.8) is 0 Å². The quantitative estimate of drug-likeness (QED) is 0.685. The van der Waals surface area contributed by atoms with E-state index in [-0.39, 0.29) is 6.10 Å². The highest BCUT2D eigenvalue weighted by atomic mass is 16.5. The number of aliphatic hydroxyl groups excluding tert-OH is 1. The second-order valence-electron chi connectivity index (χ2n) is 5.33. The lowest BCUT2D eigenvalue weighted by Gasteiger charge is -2.28. The summed E-state index contributed by atoms with van der Waals surface area (Å²) in [6, 6.07) is 8.04. The Morgan fingerprint density at radius 1 is 1.33 bits per heavy atom. The lowest BCUT2D eigenvalue weighted by molar-refractivity contribution is 0.0150. The van der Waals surface area contributed by atoms with E-state index in [1.165, 1.54) is 5.56 Å². The lowest BCUT2D eigenvalue weighted by Crippen LogP contribution is -2.43. The molecule has 0 aliphatic carbocycles. The van der Waals surface area contributed by atoms with Crippen LogP contribution >= 0.6 is 0 Å². The van der Waals surface area contributed by atoms with Crippen LogP contribution in [0.3, 0.4) is 0 Å². The first kappa shape index (κ1) is 16.2. The van der Waals surface area contributed by atoms with E-state index in [9.17, 15) is 5.11 Å². The molecular formula is C16H26N2O3. The summed E-state index contributed by atoms with van der Waals surface area (Å²) in [6.45, 7) is 5.54. The second-order valence-corrected chi connectivity index (χ2v) is 5.33. The first-order valence-corrected chi connectivity index (χ1v) is 7.60. The smallest absolute Gasteiger partial charge is 0.122 e. The van der Waals surface area contributed by atoms with E-state index in [1.807, 2.05) is 18.2 Å². The number of nitrogens with zero attached hydrogens (tertiary/aromatic N) is 1. The normalized spacial score (nSPS) is 17.6. The predicted octanol–water partition coefficient (Wildman–Crippen LogP) is 0.520. The largest absolute Gasteiger partial charge is 0.496 e. The van der Waals surface area contributed by atoms with Gasteiger partial charge >= 0.3 is 0 Å². The first-order chi connectivity index (χ1) is 10.3. The van der Waals surface area contributed by atoms with Gasteiger partial charge in [0.15, 0.2) is 0 Å². The van der Waals surface area contributed by atoms with Crippen LogP contribution in [-0.4, -0.2) is 69.2 Å². The van der Waals surface area contributed by atoms with Gasteiger partial charge in [-0.05, 0) is 24.6 Å². The summed E-state index contributed by atoms with van der Waals surface area (Å²) >= 11 is 0. The monoisotopic (exact) mass is 294 g/mol. The third kappa shape index (κ3) is 5.63. The number of hydrogen-bond donors (Lipinski definition) is 2. The molecule has 1 atom stereocenters. The molecule has 0 amide bonds. The van der Waals surface area contributed by atoms with Gasteiger partial charge in [-0.15, -0.1) is 0 Å². The average molecular weight is 294 g/mol. The molecule has 1 saturated heterocycles. The van der Waals surface area contributed by atoms with Crippen LogP contribution in [0.25, 0.3) is 0 Å². The number of ether oxygens (including phenoxy) is 2. The van der Waals surface area contributed by atoms with E-state index in [2.05, 4.69) is 16.3 Å². The number of hydrogen-bond acceptors (Lipinski definition) is 5. The Bertz CT molecular complexity index is 408. The Morgan fingerprint density at radius 2 is 2.10 bits per heavy atom. The van der Waals surface area contributed by atoms with Gasteiger partial charge < -0.3 is 19.9 Å². The van der Waals surface area contributed by atoms with E-state index in [0.29, 0.717) is 13.1 Å². The highest BCUT2D eigenvalue weighted by Crippen LogP contribution is 2.17. The topological polar surface area (TPSA) is 54.0 Å². The number of benzene rings is 1. The van der Waals surface area contributed by atoms with Gasteiger partial charge in [0.25, 0.3) is 0 Å². The average Bonchev–Trinajstić information content (AvgIpc) is 2.53. The molecule has 1 fully saturated rings. The molecule has 2 rings (SSSR count). The fourth-order valence-electron chi connectivity index (χ4n) is 2.55. The minimum absolute atomic E-state index is 0.333. The van der Waals surface area contributed by atoms with E-state index in [1.54, 1.807) is 7.11 Å². The predicted molar refractivity (Wildman–Crippen MR) is 82.8 cm³/mol. The standard InChI is InChI=1S/C16H26N2O3/c1-20-16-5-3-2-4-14(16)6-7-17-12-15(19)13-18-8-10-21-11-9-18/h2-5,15,17,19H,6-13H2,1H3. The molecular weight excluding hydrogens is 268 g/mol. The van der Waals surface area contributed by atoms with E-state index in [0.717, 1.165) is 45.0 Å². The molecule has 1 aliphatic heterocycles. The SMILES string of the molecule is COc1ccccc1CCNCC(O)CN1CCOCC1. The second kappa shape index (κ2) is 9.00. The molecule has 0 spiro atoms. The van der Waals surface area contributed by atoms with Crippen LogP contribution in [-0.2, 0) is 11.2 Å². The molecule has 21 heavy (non-hydrogen) atoms. The van der Waals surface area contributed by atoms with E-state index < -0.39 is 0 Å². The van der Waals surface area contributed by atoms with Crippen molar-refractivity contribution >= 4 is 0 Å². The fourth-order valence-corrected chi connectivity index (χ4v) is 2.55. The molecule has 1 aliphatic rings. The van der Waals surface area contributed by atoms with Crippen molar-refractivity contribution in [2.24, 2.45) is 0 Å². The van der Waals surface area contributed by atoms with Crippen molar-refractivity contribution in [1.82, 2.24) is 10.2 Å². The number of rotatable bonds is 8. The summed E-state index contributed by atoms with van der Waals surface area (Å²) < 4.78 is 10.6. The molecule has 1 aromatic carbocycles. The van der Waals surface area contributed by atoms with E-state index in [4.69, 9.17) is 9.47 Å². The zero-order chi connectivity index (χ0) is 14.9. The molecule has 1 heterocycles. The molecule has 0 aromatic heterocycles. The van der Waals surface area contributed by atoms with Crippen LogP contribution in [0, 0.1) is 0 Å².